The van der Waals surface area contributed by atoms with Gasteiger partial charge in [0.15, 0.2) is 0 Å². The fourth-order valence-electron chi connectivity index (χ4n) is 1.95. The van der Waals surface area contributed by atoms with Crippen molar-refractivity contribution in [2.45, 2.75) is 52.1 Å². The van der Waals surface area contributed by atoms with Gasteiger partial charge in [-0.25, -0.2) is 0 Å². The van der Waals surface area contributed by atoms with E-state index in [4.69, 9.17) is 5.73 Å². The Morgan fingerprint density at radius 2 is 1.89 bits per heavy atom. The zero-order valence-corrected chi connectivity index (χ0v) is 12.2. The lowest BCUT2D eigenvalue weighted by molar-refractivity contribution is -0.124. The molecule has 3 heteroatoms. The average molecular weight is 262 g/mol. The first kappa shape index (κ1) is 15.7. The third kappa shape index (κ3) is 5.43. The number of hydrogen-bond donors (Lipinski definition) is 2. The van der Waals surface area contributed by atoms with Crippen LogP contribution in [0.3, 0.4) is 0 Å². The molecule has 0 saturated heterocycles. The van der Waals surface area contributed by atoms with Gasteiger partial charge in [0.1, 0.15) is 0 Å². The van der Waals surface area contributed by atoms with Gasteiger partial charge in [-0.05, 0) is 31.2 Å². The fraction of sp³-hybridized carbons (Fsp3) is 0.562. The fourth-order valence-corrected chi connectivity index (χ4v) is 1.95. The van der Waals surface area contributed by atoms with Crippen LogP contribution in [0, 0.1) is 5.92 Å². The van der Waals surface area contributed by atoms with Gasteiger partial charge in [-0.3, -0.25) is 4.79 Å². The van der Waals surface area contributed by atoms with Crippen LogP contribution in [0.15, 0.2) is 30.3 Å². The number of rotatable bonds is 7. The van der Waals surface area contributed by atoms with E-state index in [9.17, 15) is 4.79 Å². The Balaban J connectivity index is 2.35. The van der Waals surface area contributed by atoms with Crippen molar-refractivity contribution in [1.82, 2.24) is 5.32 Å². The Kier molecular flexibility index (Phi) is 6.57. The normalized spacial score (nSPS) is 15.6. The molecule has 0 aliphatic heterocycles. The van der Waals surface area contributed by atoms with Crippen LogP contribution in [-0.4, -0.2) is 18.0 Å². The number of benzene rings is 1. The van der Waals surface area contributed by atoms with E-state index in [1.807, 2.05) is 32.0 Å². The number of aryl methyl sites for hydroxylation is 1. The van der Waals surface area contributed by atoms with E-state index in [1.54, 1.807) is 0 Å². The van der Waals surface area contributed by atoms with Crippen molar-refractivity contribution < 1.29 is 4.79 Å². The first-order valence-electron chi connectivity index (χ1n) is 7.14. The third-order valence-corrected chi connectivity index (χ3v) is 3.66. The molecule has 1 rings (SSSR count). The summed E-state index contributed by atoms with van der Waals surface area (Å²) in [7, 11) is 0. The number of hydrogen-bond acceptors (Lipinski definition) is 2. The zero-order chi connectivity index (χ0) is 14.3. The van der Waals surface area contributed by atoms with Gasteiger partial charge in [0, 0.05) is 6.04 Å². The maximum absolute atomic E-state index is 11.9. The summed E-state index contributed by atoms with van der Waals surface area (Å²) in [5, 5.41) is 3.00. The van der Waals surface area contributed by atoms with Crippen LogP contribution in [0.4, 0.5) is 0 Å². The molecule has 0 saturated carbocycles. The van der Waals surface area contributed by atoms with E-state index in [2.05, 4.69) is 24.4 Å². The first-order chi connectivity index (χ1) is 9.04. The highest BCUT2D eigenvalue weighted by Crippen LogP contribution is 2.07. The van der Waals surface area contributed by atoms with E-state index in [-0.39, 0.29) is 17.9 Å². The van der Waals surface area contributed by atoms with Gasteiger partial charge in [-0.2, -0.15) is 0 Å². The molecule has 106 valence electrons. The Morgan fingerprint density at radius 1 is 1.26 bits per heavy atom. The number of carbonyl (C=O) groups excluding carboxylic acids is 1. The molecule has 0 spiro atoms. The van der Waals surface area contributed by atoms with Crippen LogP contribution in [0.1, 0.15) is 39.2 Å². The summed E-state index contributed by atoms with van der Waals surface area (Å²) in [6.45, 7) is 6.10. The van der Waals surface area contributed by atoms with Crippen LogP contribution >= 0.6 is 0 Å². The lowest BCUT2D eigenvalue weighted by Crippen LogP contribution is -2.47. The molecule has 0 bridgehead atoms. The molecule has 3 atom stereocenters. The summed E-state index contributed by atoms with van der Waals surface area (Å²) in [5.74, 6) is 0.191. The monoisotopic (exact) mass is 262 g/mol. The molecule has 19 heavy (non-hydrogen) atoms. The second kappa shape index (κ2) is 7.95. The number of nitrogens with two attached hydrogens (primary N) is 1. The van der Waals surface area contributed by atoms with Crippen LogP contribution in [0.25, 0.3) is 0 Å². The molecule has 1 aromatic carbocycles. The molecule has 1 amide bonds. The molecule has 3 nitrogen and oxygen atoms in total. The van der Waals surface area contributed by atoms with Crippen molar-refractivity contribution >= 4 is 5.91 Å². The molecule has 2 unspecified atom stereocenters. The minimum atomic E-state index is -0.399. The van der Waals surface area contributed by atoms with E-state index < -0.39 is 6.04 Å². The third-order valence-electron chi connectivity index (χ3n) is 3.66. The van der Waals surface area contributed by atoms with Crippen molar-refractivity contribution in [3.63, 3.8) is 0 Å². The molecular weight excluding hydrogens is 236 g/mol. The van der Waals surface area contributed by atoms with Crippen LogP contribution in [0.2, 0.25) is 0 Å². The van der Waals surface area contributed by atoms with Gasteiger partial charge in [-0.1, -0.05) is 50.6 Å². The van der Waals surface area contributed by atoms with Crippen molar-refractivity contribution in [1.29, 1.82) is 0 Å². The molecule has 3 N–H and O–H groups in total. The first-order valence-corrected chi connectivity index (χ1v) is 7.14. The van der Waals surface area contributed by atoms with Crippen LogP contribution in [0.5, 0.6) is 0 Å². The number of nitrogens with one attached hydrogen (secondary N) is 1. The van der Waals surface area contributed by atoms with Gasteiger partial charge < -0.3 is 11.1 Å². The Labute approximate surface area is 116 Å². The maximum atomic E-state index is 11.9. The van der Waals surface area contributed by atoms with Crippen LogP contribution in [-0.2, 0) is 11.2 Å². The second-order valence-corrected chi connectivity index (χ2v) is 5.35. The van der Waals surface area contributed by atoms with Gasteiger partial charge >= 0.3 is 0 Å². The molecular formula is C16H26N2O. The van der Waals surface area contributed by atoms with Crippen molar-refractivity contribution in [2.24, 2.45) is 11.7 Å². The zero-order valence-electron chi connectivity index (χ0n) is 12.2. The van der Waals surface area contributed by atoms with E-state index in [0.717, 1.165) is 19.3 Å². The van der Waals surface area contributed by atoms with Gasteiger partial charge in [0.05, 0.1) is 6.04 Å². The quantitative estimate of drug-likeness (QED) is 0.793. The highest BCUT2D eigenvalue weighted by molar-refractivity contribution is 5.82. The maximum Gasteiger partial charge on any atom is 0.237 e. The smallest absolute Gasteiger partial charge is 0.237 e. The molecule has 0 aromatic heterocycles. The Morgan fingerprint density at radius 3 is 2.47 bits per heavy atom. The number of amides is 1. The molecule has 0 aliphatic rings. The standard InChI is InChI=1S/C16H26N2O/c1-4-12(2)15(17)16(19)18-13(3)10-11-14-8-6-5-7-9-14/h5-9,12-13,15H,4,10-11,17H2,1-3H3,(H,18,19)/t12?,13?,15-/m0/s1. The van der Waals surface area contributed by atoms with Crippen LogP contribution < -0.4 is 11.1 Å². The van der Waals surface area contributed by atoms with E-state index >= 15 is 0 Å². The predicted molar refractivity (Wildman–Crippen MR) is 79.8 cm³/mol. The molecule has 0 fully saturated rings. The minimum Gasteiger partial charge on any atom is -0.352 e. The Bertz CT molecular complexity index is 378. The molecule has 0 aliphatic carbocycles. The molecule has 0 heterocycles. The lowest BCUT2D eigenvalue weighted by Gasteiger charge is -2.21. The second-order valence-electron chi connectivity index (χ2n) is 5.35. The Hall–Kier alpha value is -1.35. The predicted octanol–water partition coefficient (Wildman–Crippen LogP) is 2.50. The summed E-state index contributed by atoms with van der Waals surface area (Å²) >= 11 is 0. The summed E-state index contributed by atoms with van der Waals surface area (Å²) in [6, 6.07) is 10.1. The summed E-state index contributed by atoms with van der Waals surface area (Å²) in [5.41, 5.74) is 7.22. The van der Waals surface area contributed by atoms with Crippen molar-refractivity contribution in [3.05, 3.63) is 35.9 Å². The number of carbonyl (C=O) groups is 1. The molecule has 0 radical (unpaired) electrons. The average Bonchev–Trinajstić information content (AvgIpc) is 2.44. The largest absolute Gasteiger partial charge is 0.352 e. The lowest BCUT2D eigenvalue weighted by atomic mass is 9.99. The SMILES string of the molecule is CCC(C)[C@H](N)C(=O)NC(C)CCc1ccccc1. The highest BCUT2D eigenvalue weighted by atomic mass is 16.2. The summed E-state index contributed by atoms with van der Waals surface area (Å²) in [4.78, 5) is 11.9. The minimum absolute atomic E-state index is 0.0325. The van der Waals surface area contributed by atoms with E-state index in [1.165, 1.54) is 5.56 Å². The van der Waals surface area contributed by atoms with Gasteiger partial charge in [0.2, 0.25) is 5.91 Å². The van der Waals surface area contributed by atoms with Gasteiger partial charge in [-0.15, -0.1) is 0 Å². The molecule has 1 aromatic rings. The topological polar surface area (TPSA) is 55.1 Å². The summed E-state index contributed by atoms with van der Waals surface area (Å²) < 4.78 is 0. The van der Waals surface area contributed by atoms with Crippen molar-refractivity contribution in [3.8, 4) is 0 Å². The highest BCUT2D eigenvalue weighted by Gasteiger charge is 2.20. The van der Waals surface area contributed by atoms with Gasteiger partial charge in [0.25, 0.3) is 0 Å². The summed E-state index contributed by atoms with van der Waals surface area (Å²) in [6.07, 6.45) is 2.83. The van der Waals surface area contributed by atoms with Crippen molar-refractivity contribution in [2.75, 3.05) is 0 Å². The van der Waals surface area contributed by atoms with E-state index in [0.29, 0.717) is 0 Å².